The van der Waals surface area contributed by atoms with E-state index < -0.39 is 5.79 Å². The molecule has 0 aliphatic carbocycles. The van der Waals surface area contributed by atoms with Crippen molar-refractivity contribution in [2.45, 2.75) is 71.6 Å². The van der Waals surface area contributed by atoms with Crippen molar-refractivity contribution in [3.05, 3.63) is 64.7 Å². The average molecular weight is 498 g/mol. The first kappa shape index (κ1) is 26.5. The number of hydrogen-bond acceptors (Lipinski definition) is 6. The number of cyclic esters (lactones) is 1. The molecule has 4 rings (SSSR count). The largest absolute Gasteiger partial charge is 0.463 e. The molecule has 0 unspecified atom stereocenters. The van der Waals surface area contributed by atoms with Crippen molar-refractivity contribution in [3.8, 4) is 5.75 Å². The van der Waals surface area contributed by atoms with Crippen LogP contribution in [0.1, 0.15) is 67.9 Å². The van der Waals surface area contributed by atoms with Crippen LogP contribution in [0.25, 0.3) is 0 Å². The Bertz CT molecular complexity index is 990. The lowest BCUT2D eigenvalue weighted by Gasteiger charge is -2.32. The van der Waals surface area contributed by atoms with Crippen molar-refractivity contribution < 1.29 is 28.5 Å². The first-order chi connectivity index (χ1) is 17.4. The maximum absolute atomic E-state index is 12.4. The molecule has 2 aromatic rings. The highest BCUT2D eigenvalue weighted by Gasteiger charge is 2.33. The summed E-state index contributed by atoms with van der Waals surface area (Å²) in [6, 6.07) is 14.3. The second-order valence-corrected chi connectivity index (χ2v) is 10.0. The maximum atomic E-state index is 12.4. The van der Waals surface area contributed by atoms with Gasteiger partial charge in [0.05, 0.1) is 33.0 Å². The minimum absolute atomic E-state index is 0.236. The summed E-state index contributed by atoms with van der Waals surface area (Å²) in [6.07, 6.45) is 3.63. The predicted octanol–water partition coefficient (Wildman–Crippen LogP) is 5.93. The molecule has 1 fully saturated rings. The fraction of sp³-hybridized carbons (Fsp3) is 0.552. The van der Waals surface area contributed by atoms with Crippen LogP contribution in [0.5, 0.6) is 5.75 Å². The highest BCUT2D eigenvalue weighted by Crippen LogP contribution is 2.35. The molecule has 0 aromatic heterocycles. The average Bonchev–Trinajstić information content (AvgIpc) is 3.23. The molecule has 7 nitrogen and oxygen atoms in total. The summed E-state index contributed by atoms with van der Waals surface area (Å²) in [6.45, 7) is 10.3. The fourth-order valence-corrected chi connectivity index (χ4v) is 4.38. The Labute approximate surface area is 214 Å². The second-order valence-electron chi connectivity index (χ2n) is 10.0. The molecule has 1 atom stereocenters. The van der Waals surface area contributed by atoms with Crippen molar-refractivity contribution in [2.24, 2.45) is 0 Å². The number of benzene rings is 2. The summed E-state index contributed by atoms with van der Waals surface area (Å²) in [7, 11) is 0. The van der Waals surface area contributed by atoms with Crippen LogP contribution in [0.3, 0.4) is 0 Å². The lowest BCUT2D eigenvalue weighted by molar-refractivity contribution is -0.180. The molecule has 2 aromatic carbocycles. The first-order valence-corrected chi connectivity index (χ1v) is 13.0. The van der Waals surface area contributed by atoms with Crippen LogP contribution in [0.4, 0.5) is 4.79 Å². The van der Waals surface area contributed by atoms with E-state index in [4.69, 9.17) is 23.7 Å². The number of fused-ring (bicyclic) bond motifs is 1. The summed E-state index contributed by atoms with van der Waals surface area (Å²) in [5.41, 5.74) is 4.41. The minimum Gasteiger partial charge on any atom is -0.463 e. The molecule has 1 amide bonds. The van der Waals surface area contributed by atoms with E-state index in [1.54, 1.807) is 0 Å². The van der Waals surface area contributed by atoms with E-state index in [9.17, 15) is 4.79 Å². The third-order valence-electron chi connectivity index (χ3n) is 6.50. The third kappa shape index (κ3) is 7.69. The van der Waals surface area contributed by atoms with Gasteiger partial charge in [-0.05, 0) is 43.0 Å². The molecule has 2 aliphatic rings. The Morgan fingerprint density at radius 2 is 1.75 bits per heavy atom. The normalized spacial score (nSPS) is 18.6. The van der Waals surface area contributed by atoms with Crippen LogP contribution >= 0.6 is 0 Å². The third-order valence-corrected chi connectivity index (χ3v) is 6.50. The van der Waals surface area contributed by atoms with Crippen LogP contribution in [-0.2, 0) is 32.2 Å². The molecule has 0 N–H and O–H groups in total. The molecule has 2 heterocycles. The van der Waals surface area contributed by atoms with Crippen LogP contribution in [0, 0.1) is 6.92 Å². The summed E-state index contributed by atoms with van der Waals surface area (Å²) in [5, 5.41) is 0. The van der Waals surface area contributed by atoms with Crippen molar-refractivity contribution in [1.82, 2.24) is 4.90 Å². The van der Waals surface area contributed by atoms with E-state index in [2.05, 4.69) is 31.2 Å². The van der Waals surface area contributed by atoms with E-state index in [1.165, 1.54) is 11.1 Å². The van der Waals surface area contributed by atoms with Crippen LogP contribution in [0.15, 0.2) is 42.5 Å². The van der Waals surface area contributed by atoms with Gasteiger partial charge in [-0.25, -0.2) is 4.79 Å². The minimum atomic E-state index is -0.617. The van der Waals surface area contributed by atoms with Gasteiger partial charge in [-0.2, -0.15) is 0 Å². The molecular weight excluding hydrogens is 458 g/mol. The predicted molar refractivity (Wildman–Crippen MR) is 137 cm³/mol. The van der Waals surface area contributed by atoms with Crippen molar-refractivity contribution >= 4 is 6.09 Å². The number of rotatable bonds is 13. The van der Waals surface area contributed by atoms with Gasteiger partial charge >= 0.3 is 6.09 Å². The lowest BCUT2D eigenvalue weighted by atomic mass is 10.0. The Balaban J connectivity index is 1.04. The number of amides is 1. The smallest absolute Gasteiger partial charge is 0.410 e. The van der Waals surface area contributed by atoms with Gasteiger partial charge in [0.15, 0.2) is 0 Å². The van der Waals surface area contributed by atoms with Gasteiger partial charge in [-0.15, -0.1) is 0 Å². The summed E-state index contributed by atoms with van der Waals surface area (Å²) in [4.78, 5) is 14.2. The van der Waals surface area contributed by atoms with E-state index >= 15 is 0 Å². The zero-order valence-corrected chi connectivity index (χ0v) is 21.8. The molecular formula is C29H39NO6. The Morgan fingerprint density at radius 1 is 0.972 bits per heavy atom. The zero-order chi connectivity index (χ0) is 25.4. The highest BCUT2D eigenvalue weighted by molar-refractivity contribution is 5.70. The van der Waals surface area contributed by atoms with Crippen molar-refractivity contribution in [1.29, 1.82) is 0 Å². The summed E-state index contributed by atoms with van der Waals surface area (Å²) >= 11 is 0. The number of aryl methyl sites for hydroxylation is 1. The zero-order valence-electron chi connectivity index (χ0n) is 21.8. The van der Waals surface area contributed by atoms with Crippen molar-refractivity contribution in [3.63, 3.8) is 0 Å². The molecule has 196 valence electrons. The van der Waals surface area contributed by atoms with Gasteiger partial charge in [0.25, 0.3) is 0 Å². The molecule has 0 spiro atoms. The van der Waals surface area contributed by atoms with Gasteiger partial charge in [-0.1, -0.05) is 48.7 Å². The van der Waals surface area contributed by atoms with Gasteiger partial charge in [-0.3, -0.25) is 0 Å². The molecule has 2 aliphatic heterocycles. The summed E-state index contributed by atoms with van der Waals surface area (Å²) in [5.74, 6) is 0.211. The van der Waals surface area contributed by atoms with Gasteiger partial charge < -0.3 is 28.6 Å². The quantitative estimate of drug-likeness (QED) is 0.320. The Morgan fingerprint density at radius 3 is 2.58 bits per heavy atom. The molecule has 0 bridgehead atoms. The van der Waals surface area contributed by atoms with Crippen LogP contribution < -0.4 is 4.74 Å². The van der Waals surface area contributed by atoms with E-state index in [0.717, 1.165) is 49.2 Å². The van der Waals surface area contributed by atoms with E-state index in [-0.39, 0.29) is 12.2 Å². The maximum Gasteiger partial charge on any atom is 0.410 e. The van der Waals surface area contributed by atoms with Crippen molar-refractivity contribution in [2.75, 3.05) is 32.9 Å². The standard InChI is InChI=1S/C29H39NO6/c1-22-8-10-23(11-9-22)20-33-17-16-32-15-7-5-4-6-14-30-19-27(35-28(30)31)24-12-13-26-25(18-24)21-34-29(2,3)36-26/h8-13,18,27H,4-7,14-17,19-21H2,1-3H3/t27-/m0/s1. The van der Waals surface area contributed by atoms with E-state index in [1.807, 2.05) is 36.9 Å². The molecule has 36 heavy (non-hydrogen) atoms. The number of hydrogen-bond donors (Lipinski definition) is 0. The Hall–Kier alpha value is -2.61. The SMILES string of the molecule is Cc1ccc(COCCOCCCCCCN2C[C@@H](c3ccc4c(c3)COC(C)(C)O4)OC2=O)cc1. The number of nitrogens with zero attached hydrogens (tertiary/aromatic N) is 1. The monoisotopic (exact) mass is 497 g/mol. The van der Waals surface area contributed by atoms with Crippen LogP contribution in [0.2, 0.25) is 0 Å². The molecule has 1 saturated heterocycles. The van der Waals surface area contributed by atoms with Gasteiger partial charge in [0, 0.05) is 32.6 Å². The first-order valence-electron chi connectivity index (χ1n) is 13.0. The summed E-state index contributed by atoms with van der Waals surface area (Å²) < 4.78 is 28.6. The molecule has 0 saturated carbocycles. The molecule has 7 heteroatoms. The molecule has 0 radical (unpaired) electrons. The van der Waals surface area contributed by atoms with Crippen LogP contribution in [-0.4, -0.2) is 49.7 Å². The van der Waals surface area contributed by atoms with Gasteiger partial charge in [0.1, 0.15) is 11.9 Å². The number of ether oxygens (including phenoxy) is 5. The number of carbonyl (C=O) groups is 1. The van der Waals surface area contributed by atoms with Gasteiger partial charge in [0.2, 0.25) is 5.79 Å². The number of carbonyl (C=O) groups excluding carboxylic acids is 1. The highest BCUT2D eigenvalue weighted by atomic mass is 16.7. The topological polar surface area (TPSA) is 66.5 Å². The lowest BCUT2D eigenvalue weighted by Crippen LogP contribution is -2.35. The Kier molecular flexibility index (Phi) is 9.24. The second kappa shape index (κ2) is 12.6. The fourth-order valence-electron chi connectivity index (χ4n) is 4.38. The van der Waals surface area contributed by atoms with E-state index in [0.29, 0.717) is 39.5 Å². The number of unbranched alkanes of at least 4 members (excludes halogenated alkanes) is 3.